The molecule has 2 aliphatic rings. The fraction of sp³-hybridized carbons (Fsp3) is 0.632. The zero-order valence-corrected chi connectivity index (χ0v) is 17.9. The van der Waals surface area contributed by atoms with Crippen molar-refractivity contribution in [2.24, 2.45) is 0 Å². The van der Waals surface area contributed by atoms with E-state index in [4.69, 9.17) is 0 Å². The number of fused-ring (bicyclic) bond motifs is 1. The Morgan fingerprint density at radius 2 is 1.93 bits per heavy atom. The molecule has 2 aromatic heterocycles. The number of sulfonamides is 1. The number of pyridine rings is 1. The summed E-state index contributed by atoms with van der Waals surface area (Å²) in [5, 5.41) is 17.3. The Balaban J connectivity index is 1.54. The molecule has 9 nitrogen and oxygen atoms in total. The van der Waals surface area contributed by atoms with Crippen LogP contribution < -0.4 is 10.6 Å². The van der Waals surface area contributed by atoms with Gasteiger partial charge in [0.15, 0.2) is 11.6 Å². The molecule has 0 radical (unpaired) electrons. The molecule has 2 fully saturated rings. The first-order chi connectivity index (χ1) is 14.1. The number of anilines is 2. The van der Waals surface area contributed by atoms with Gasteiger partial charge in [-0.25, -0.2) is 32.1 Å². The molecule has 0 amide bonds. The first-order valence-electron chi connectivity index (χ1n) is 10.2. The molecule has 3 heterocycles. The average Bonchev–Trinajstić information content (AvgIpc) is 3.02. The molecule has 1 saturated carbocycles. The zero-order chi connectivity index (χ0) is 21.5. The van der Waals surface area contributed by atoms with Crippen LogP contribution in [-0.4, -0.2) is 69.8 Å². The third-order valence-electron chi connectivity index (χ3n) is 6.07. The number of halogens is 1. The molecular formula is C19H27FN6O3S. The third-order valence-corrected chi connectivity index (χ3v) is 7.37. The average molecular weight is 439 g/mol. The first-order valence-corrected chi connectivity index (χ1v) is 12.0. The van der Waals surface area contributed by atoms with Crippen molar-refractivity contribution in [2.45, 2.75) is 56.7 Å². The number of hydrogen-bond acceptors (Lipinski definition) is 8. The quantitative estimate of drug-likeness (QED) is 0.645. The molecule has 3 N–H and O–H groups in total. The van der Waals surface area contributed by atoms with Crippen molar-refractivity contribution in [3.05, 3.63) is 18.2 Å². The molecule has 30 heavy (non-hydrogen) atoms. The fourth-order valence-corrected chi connectivity index (χ4v) is 5.09. The smallest absolute Gasteiger partial charge is 0.223 e. The van der Waals surface area contributed by atoms with Crippen molar-refractivity contribution in [2.75, 3.05) is 30.0 Å². The third kappa shape index (κ3) is 4.33. The minimum atomic E-state index is -3.19. The first kappa shape index (κ1) is 21.1. The van der Waals surface area contributed by atoms with Crippen molar-refractivity contribution in [1.82, 2.24) is 19.3 Å². The SMILES string of the molecule is CC1(O)CCCC1Nc1ncc(F)c2cnc(NC3CCN(S(C)(=O)=O)CC3)nc12. The molecule has 2 atom stereocenters. The second kappa shape index (κ2) is 7.86. The Morgan fingerprint density at radius 1 is 1.20 bits per heavy atom. The Morgan fingerprint density at radius 3 is 2.57 bits per heavy atom. The van der Waals surface area contributed by atoms with Gasteiger partial charge in [-0.1, -0.05) is 0 Å². The Hall–Kier alpha value is -2.11. The molecule has 1 aliphatic heterocycles. The van der Waals surface area contributed by atoms with Gasteiger partial charge in [0.1, 0.15) is 5.52 Å². The van der Waals surface area contributed by atoms with Crippen LogP contribution in [0.4, 0.5) is 16.2 Å². The van der Waals surface area contributed by atoms with Gasteiger partial charge >= 0.3 is 0 Å². The van der Waals surface area contributed by atoms with Gasteiger partial charge in [0.25, 0.3) is 0 Å². The Bertz CT molecular complexity index is 1040. The highest BCUT2D eigenvalue weighted by atomic mass is 32.2. The van der Waals surface area contributed by atoms with E-state index < -0.39 is 21.4 Å². The van der Waals surface area contributed by atoms with E-state index in [-0.39, 0.29) is 17.5 Å². The van der Waals surface area contributed by atoms with Gasteiger partial charge in [0.05, 0.1) is 29.5 Å². The minimum Gasteiger partial charge on any atom is -0.388 e. The van der Waals surface area contributed by atoms with Crippen LogP contribution in [0.5, 0.6) is 0 Å². The molecule has 0 aromatic carbocycles. The maximum absolute atomic E-state index is 14.3. The number of nitrogens with one attached hydrogen (secondary N) is 2. The molecule has 4 rings (SSSR count). The number of hydrogen-bond donors (Lipinski definition) is 3. The van der Waals surface area contributed by atoms with Gasteiger partial charge in [-0.15, -0.1) is 0 Å². The molecule has 0 bridgehead atoms. The normalized spacial score (nSPS) is 26.2. The molecular weight excluding hydrogens is 411 g/mol. The van der Waals surface area contributed by atoms with Gasteiger partial charge in [-0.3, -0.25) is 0 Å². The molecule has 1 saturated heterocycles. The lowest BCUT2D eigenvalue weighted by Crippen LogP contribution is -2.42. The summed E-state index contributed by atoms with van der Waals surface area (Å²) in [5.74, 6) is 0.242. The summed E-state index contributed by atoms with van der Waals surface area (Å²) in [6, 6.07) is -0.167. The maximum Gasteiger partial charge on any atom is 0.223 e. The van der Waals surface area contributed by atoms with Crippen LogP contribution >= 0.6 is 0 Å². The van der Waals surface area contributed by atoms with Crippen molar-refractivity contribution < 1.29 is 17.9 Å². The Labute approximate surface area is 175 Å². The second-order valence-electron chi connectivity index (χ2n) is 8.44. The summed E-state index contributed by atoms with van der Waals surface area (Å²) in [4.78, 5) is 12.9. The standard InChI is InChI=1S/C19H27FN6O3S/c1-19(27)7-3-4-15(19)24-17-16-13(14(20)11-21-17)10-22-18(25-16)23-12-5-8-26(9-6-12)30(2,28)29/h10-12,15,27H,3-9H2,1-2H3,(H,21,24)(H,22,23,25). The lowest BCUT2D eigenvalue weighted by Gasteiger charge is -2.30. The monoisotopic (exact) mass is 438 g/mol. The summed E-state index contributed by atoms with van der Waals surface area (Å²) >= 11 is 0. The van der Waals surface area contributed by atoms with Crippen LogP contribution in [0.1, 0.15) is 39.0 Å². The van der Waals surface area contributed by atoms with Crippen molar-refractivity contribution in [3.8, 4) is 0 Å². The Kier molecular flexibility index (Phi) is 5.54. The topological polar surface area (TPSA) is 120 Å². The van der Waals surface area contributed by atoms with Gasteiger partial charge in [-0.2, -0.15) is 0 Å². The fourth-order valence-electron chi connectivity index (χ4n) is 4.22. The molecule has 0 spiro atoms. The molecule has 2 aromatic rings. The summed E-state index contributed by atoms with van der Waals surface area (Å²) in [5.41, 5.74) is -0.506. The van der Waals surface area contributed by atoms with Crippen LogP contribution in [0, 0.1) is 5.82 Å². The van der Waals surface area contributed by atoms with Crippen molar-refractivity contribution in [3.63, 3.8) is 0 Å². The maximum atomic E-state index is 14.3. The van der Waals surface area contributed by atoms with Crippen molar-refractivity contribution >= 4 is 32.7 Å². The van der Waals surface area contributed by atoms with Crippen LogP contribution in [-0.2, 0) is 10.0 Å². The highest BCUT2D eigenvalue weighted by molar-refractivity contribution is 7.88. The van der Waals surface area contributed by atoms with E-state index in [9.17, 15) is 17.9 Å². The van der Waals surface area contributed by atoms with E-state index in [1.54, 1.807) is 6.92 Å². The summed E-state index contributed by atoms with van der Waals surface area (Å²) in [6.45, 7) is 2.65. The second-order valence-corrected chi connectivity index (χ2v) is 10.4. The highest BCUT2D eigenvalue weighted by Crippen LogP contribution is 2.33. The number of aliphatic hydroxyl groups is 1. The van der Waals surface area contributed by atoms with E-state index in [2.05, 4.69) is 25.6 Å². The predicted molar refractivity (Wildman–Crippen MR) is 112 cm³/mol. The lowest BCUT2D eigenvalue weighted by atomic mass is 10.0. The predicted octanol–water partition coefficient (Wildman–Crippen LogP) is 1.72. The van der Waals surface area contributed by atoms with Crippen LogP contribution in [0.2, 0.25) is 0 Å². The summed E-state index contributed by atoms with van der Waals surface area (Å²) in [6.07, 6.45) is 7.41. The van der Waals surface area contributed by atoms with Gasteiger partial charge in [0, 0.05) is 25.3 Å². The van der Waals surface area contributed by atoms with E-state index in [1.807, 2.05) is 0 Å². The molecule has 164 valence electrons. The van der Waals surface area contributed by atoms with Crippen molar-refractivity contribution in [1.29, 1.82) is 0 Å². The van der Waals surface area contributed by atoms with E-state index in [0.717, 1.165) is 19.0 Å². The summed E-state index contributed by atoms with van der Waals surface area (Å²) < 4.78 is 39.1. The number of rotatable bonds is 5. The molecule has 2 unspecified atom stereocenters. The van der Waals surface area contributed by atoms with Crippen LogP contribution in [0.25, 0.3) is 10.9 Å². The van der Waals surface area contributed by atoms with Crippen LogP contribution in [0.3, 0.4) is 0 Å². The highest BCUT2D eigenvalue weighted by Gasteiger charge is 2.37. The van der Waals surface area contributed by atoms with Gasteiger partial charge < -0.3 is 15.7 Å². The number of nitrogens with zero attached hydrogens (tertiary/aromatic N) is 4. The van der Waals surface area contributed by atoms with Crippen LogP contribution in [0.15, 0.2) is 12.4 Å². The number of aromatic nitrogens is 3. The van der Waals surface area contributed by atoms with Gasteiger partial charge in [0.2, 0.25) is 16.0 Å². The molecule has 11 heteroatoms. The zero-order valence-electron chi connectivity index (χ0n) is 17.1. The number of piperidine rings is 1. The van der Waals surface area contributed by atoms with Gasteiger partial charge in [-0.05, 0) is 39.0 Å². The van der Waals surface area contributed by atoms with E-state index in [0.29, 0.717) is 49.6 Å². The summed E-state index contributed by atoms with van der Waals surface area (Å²) in [7, 11) is -3.19. The minimum absolute atomic E-state index is 0.0222. The molecule has 1 aliphatic carbocycles. The van der Waals surface area contributed by atoms with E-state index in [1.165, 1.54) is 16.8 Å². The largest absolute Gasteiger partial charge is 0.388 e. The van der Waals surface area contributed by atoms with E-state index >= 15 is 0 Å². The lowest BCUT2D eigenvalue weighted by molar-refractivity contribution is 0.0578.